The Bertz CT molecular complexity index is 321. The highest BCUT2D eigenvalue weighted by Crippen LogP contribution is 2.11. The number of aliphatic imine (C=N–C) groups is 1. The van der Waals surface area contributed by atoms with E-state index in [-0.39, 0.29) is 10.9 Å². The maximum atomic E-state index is 13.1. The molecular weight excluding hydrogens is 213 g/mol. The average Bonchev–Trinajstić information content (AvgIpc) is 2.12. The van der Waals surface area contributed by atoms with E-state index in [2.05, 4.69) is 4.99 Å². The summed E-state index contributed by atoms with van der Waals surface area (Å²) >= 11 is 5.77. The van der Waals surface area contributed by atoms with Gasteiger partial charge in [0, 0.05) is 11.9 Å². The molecule has 0 saturated carbocycles. The van der Waals surface area contributed by atoms with E-state index in [0.717, 1.165) is 17.7 Å². The van der Waals surface area contributed by atoms with E-state index in [1.807, 2.05) is 27.7 Å². The van der Waals surface area contributed by atoms with Crippen LogP contribution in [0.2, 0.25) is 0 Å². The highest BCUT2D eigenvalue weighted by Gasteiger charge is 1.92. The summed E-state index contributed by atoms with van der Waals surface area (Å²) in [4.78, 5) is 4.07. The van der Waals surface area contributed by atoms with Crippen LogP contribution in [0.1, 0.15) is 34.1 Å². The number of nitrogens with zero attached hydrogens (tertiary/aromatic N) is 1. The summed E-state index contributed by atoms with van der Waals surface area (Å²) in [6, 6.07) is 0. The van der Waals surface area contributed by atoms with Crippen molar-refractivity contribution in [2.24, 2.45) is 4.99 Å². The van der Waals surface area contributed by atoms with Gasteiger partial charge in [0.15, 0.2) is 0 Å². The van der Waals surface area contributed by atoms with Crippen LogP contribution >= 0.6 is 11.6 Å². The highest BCUT2D eigenvalue weighted by atomic mass is 35.5. The molecule has 0 bridgehead atoms. The second-order valence-corrected chi connectivity index (χ2v) is 3.92. The summed E-state index contributed by atoms with van der Waals surface area (Å²) < 4.78 is 13.1. The monoisotopic (exact) mass is 229 g/mol. The minimum absolute atomic E-state index is 0.290. The molecule has 0 aromatic rings. The lowest BCUT2D eigenvalue weighted by Crippen LogP contribution is -1.84. The molecule has 0 aliphatic heterocycles. The average molecular weight is 230 g/mol. The molecular formula is C12H17ClFN. The Morgan fingerprint density at radius 3 is 2.33 bits per heavy atom. The Kier molecular flexibility index (Phi) is 6.97. The molecule has 0 saturated heterocycles. The van der Waals surface area contributed by atoms with Gasteiger partial charge in [0.05, 0.1) is 5.03 Å². The van der Waals surface area contributed by atoms with Gasteiger partial charge in [-0.2, -0.15) is 0 Å². The van der Waals surface area contributed by atoms with Gasteiger partial charge >= 0.3 is 0 Å². The summed E-state index contributed by atoms with van der Waals surface area (Å²) in [5, 5.41) is 0.290. The first kappa shape index (κ1) is 14.1. The number of rotatable bonds is 4. The number of halogens is 2. The third-order valence-corrected chi connectivity index (χ3v) is 1.83. The second-order valence-electron chi connectivity index (χ2n) is 3.48. The predicted molar refractivity (Wildman–Crippen MR) is 66.0 cm³/mol. The van der Waals surface area contributed by atoms with Crippen LogP contribution in [0, 0.1) is 0 Å². The zero-order chi connectivity index (χ0) is 11.8. The minimum atomic E-state index is -0.361. The maximum absolute atomic E-state index is 13.1. The molecule has 0 aliphatic rings. The molecule has 3 heteroatoms. The summed E-state index contributed by atoms with van der Waals surface area (Å²) in [7, 11) is 0. The molecule has 0 amide bonds. The Labute approximate surface area is 96.0 Å². The van der Waals surface area contributed by atoms with Crippen LogP contribution in [-0.2, 0) is 0 Å². The molecule has 1 nitrogen and oxygen atoms in total. The molecule has 84 valence electrons. The molecule has 0 aromatic heterocycles. The Balaban J connectivity index is 4.60. The van der Waals surface area contributed by atoms with E-state index < -0.39 is 0 Å². The largest absolute Gasteiger partial charge is 0.264 e. The molecule has 0 rings (SSSR count). The fourth-order valence-electron chi connectivity index (χ4n) is 0.750. The fraction of sp³-hybridized carbons (Fsp3) is 0.417. The van der Waals surface area contributed by atoms with Gasteiger partial charge in [-0.15, -0.1) is 0 Å². The Morgan fingerprint density at radius 2 is 1.87 bits per heavy atom. The number of hydrogen-bond acceptors (Lipinski definition) is 1. The van der Waals surface area contributed by atoms with Crippen LogP contribution < -0.4 is 0 Å². The molecule has 0 aliphatic carbocycles. The van der Waals surface area contributed by atoms with Gasteiger partial charge in [0.25, 0.3) is 0 Å². The van der Waals surface area contributed by atoms with Crippen LogP contribution in [0.5, 0.6) is 0 Å². The van der Waals surface area contributed by atoms with Crippen molar-refractivity contribution in [3.05, 3.63) is 34.8 Å². The van der Waals surface area contributed by atoms with Gasteiger partial charge < -0.3 is 0 Å². The van der Waals surface area contributed by atoms with E-state index in [9.17, 15) is 4.39 Å². The summed E-state index contributed by atoms with van der Waals surface area (Å²) in [6.45, 7) is 7.55. The molecule has 15 heavy (non-hydrogen) atoms. The normalized spacial score (nSPS) is 14.1. The van der Waals surface area contributed by atoms with Crippen molar-refractivity contribution < 1.29 is 4.39 Å². The van der Waals surface area contributed by atoms with Gasteiger partial charge in [-0.1, -0.05) is 24.1 Å². The summed E-state index contributed by atoms with van der Waals surface area (Å²) in [5.74, 6) is -0.361. The van der Waals surface area contributed by atoms with Gasteiger partial charge in [-0.3, -0.25) is 4.99 Å². The molecule has 0 heterocycles. The topological polar surface area (TPSA) is 12.4 Å². The van der Waals surface area contributed by atoms with Crippen LogP contribution in [-0.4, -0.2) is 5.71 Å². The van der Waals surface area contributed by atoms with Crippen molar-refractivity contribution in [3.63, 3.8) is 0 Å². The van der Waals surface area contributed by atoms with E-state index >= 15 is 0 Å². The lowest BCUT2D eigenvalue weighted by Gasteiger charge is -1.92. The van der Waals surface area contributed by atoms with Crippen molar-refractivity contribution in [1.29, 1.82) is 0 Å². The van der Waals surface area contributed by atoms with Crippen molar-refractivity contribution >= 4 is 17.3 Å². The maximum Gasteiger partial charge on any atom is 0.124 e. The van der Waals surface area contributed by atoms with Gasteiger partial charge in [-0.25, -0.2) is 4.39 Å². The predicted octanol–water partition coefficient (Wildman–Crippen LogP) is 4.76. The van der Waals surface area contributed by atoms with E-state index in [0.29, 0.717) is 0 Å². The molecule has 0 aromatic carbocycles. The standard InChI is InChI=1S/C12H17ClFN/c1-5-10(4)15-8-11(13)7-12(14)6-9(2)3/h6-8H,5H2,1-4H3/b11-8-,12-7+,15-10+. The van der Waals surface area contributed by atoms with Crippen molar-refractivity contribution in [2.45, 2.75) is 34.1 Å². The number of hydrogen-bond donors (Lipinski definition) is 0. The highest BCUT2D eigenvalue weighted by molar-refractivity contribution is 6.31. The SMILES string of the molecule is CC/C(C)=N/C=C(Cl)/C=C(/F)C=C(C)C. The van der Waals surface area contributed by atoms with Crippen molar-refractivity contribution in [3.8, 4) is 0 Å². The third-order valence-electron chi connectivity index (χ3n) is 1.62. The molecule has 0 fully saturated rings. The van der Waals surface area contributed by atoms with Crippen LogP contribution in [0.15, 0.2) is 39.8 Å². The van der Waals surface area contributed by atoms with Crippen LogP contribution in [0.4, 0.5) is 4.39 Å². The lowest BCUT2D eigenvalue weighted by molar-refractivity contribution is 0.665. The zero-order valence-corrected chi connectivity index (χ0v) is 10.4. The lowest BCUT2D eigenvalue weighted by atomic mass is 10.3. The fourth-order valence-corrected chi connectivity index (χ4v) is 0.903. The quantitative estimate of drug-likeness (QED) is 0.487. The third kappa shape index (κ3) is 8.13. The summed E-state index contributed by atoms with van der Waals surface area (Å²) in [6.07, 6.45) is 4.99. The van der Waals surface area contributed by atoms with Crippen LogP contribution in [0.3, 0.4) is 0 Å². The van der Waals surface area contributed by atoms with Crippen LogP contribution in [0.25, 0.3) is 0 Å². The molecule has 0 N–H and O–H groups in total. The first-order valence-corrected chi connectivity index (χ1v) is 5.24. The molecule has 0 radical (unpaired) electrons. The second kappa shape index (κ2) is 7.41. The molecule has 0 unspecified atom stereocenters. The zero-order valence-electron chi connectivity index (χ0n) is 9.64. The first-order chi connectivity index (χ1) is 6.95. The minimum Gasteiger partial charge on any atom is -0.264 e. The van der Waals surface area contributed by atoms with E-state index in [1.165, 1.54) is 18.4 Å². The molecule has 0 atom stereocenters. The Morgan fingerprint density at radius 1 is 1.27 bits per heavy atom. The smallest absolute Gasteiger partial charge is 0.124 e. The summed E-state index contributed by atoms with van der Waals surface area (Å²) in [5.41, 5.74) is 1.85. The van der Waals surface area contributed by atoms with Gasteiger partial charge in [0.1, 0.15) is 5.83 Å². The first-order valence-electron chi connectivity index (χ1n) is 4.86. The van der Waals surface area contributed by atoms with Crippen molar-refractivity contribution in [1.82, 2.24) is 0 Å². The van der Waals surface area contributed by atoms with E-state index in [1.54, 1.807) is 0 Å². The Hall–Kier alpha value is -0.890. The van der Waals surface area contributed by atoms with Gasteiger partial charge in [-0.05, 0) is 39.3 Å². The van der Waals surface area contributed by atoms with Crippen molar-refractivity contribution in [2.75, 3.05) is 0 Å². The number of allylic oxidation sites excluding steroid dienone is 5. The van der Waals surface area contributed by atoms with Gasteiger partial charge in [0.2, 0.25) is 0 Å². The van der Waals surface area contributed by atoms with E-state index in [4.69, 9.17) is 11.6 Å². The molecule has 0 spiro atoms.